The third-order valence-corrected chi connectivity index (χ3v) is 5.92. The summed E-state index contributed by atoms with van der Waals surface area (Å²) in [5.74, 6) is 1.46. The number of piperidine rings is 3. The molecule has 3 fully saturated rings. The molecule has 1 unspecified atom stereocenters. The highest BCUT2D eigenvalue weighted by Gasteiger charge is 2.45. The van der Waals surface area contributed by atoms with Gasteiger partial charge < -0.3 is 14.4 Å². The quantitative estimate of drug-likeness (QED) is 0.837. The SMILES string of the molecule is C[C@@H](C(=O)N1C[C@H]2C[C@@H](C1)C1CCCC(=O)N1C2)n1cccc1. The number of hydrogen-bond donors (Lipinski definition) is 0. The molecule has 23 heavy (non-hydrogen) atoms. The lowest BCUT2D eigenvalue weighted by Crippen LogP contribution is -2.61. The van der Waals surface area contributed by atoms with E-state index in [2.05, 4.69) is 9.80 Å². The van der Waals surface area contributed by atoms with Crippen LogP contribution in [0.3, 0.4) is 0 Å². The van der Waals surface area contributed by atoms with Gasteiger partial charge in [0.25, 0.3) is 0 Å². The second kappa shape index (κ2) is 5.69. The van der Waals surface area contributed by atoms with Crippen LogP contribution in [0.15, 0.2) is 24.5 Å². The highest BCUT2D eigenvalue weighted by Crippen LogP contribution is 2.38. The van der Waals surface area contributed by atoms with Crippen LogP contribution in [0.1, 0.15) is 38.6 Å². The van der Waals surface area contributed by atoms with Gasteiger partial charge in [0.2, 0.25) is 11.8 Å². The Balaban J connectivity index is 1.49. The van der Waals surface area contributed by atoms with Crippen molar-refractivity contribution in [1.29, 1.82) is 0 Å². The Hall–Kier alpha value is -1.78. The Morgan fingerprint density at radius 1 is 1.22 bits per heavy atom. The van der Waals surface area contributed by atoms with Gasteiger partial charge in [-0.2, -0.15) is 0 Å². The molecule has 1 aromatic heterocycles. The number of fused-ring (bicyclic) bond motifs is 4. The van der Waals surface area contributed by atoms with Crippen molar-refractivity contribution in [2.75, 3.05) is 19.6 Å². The van der Waals surface area contributed by atoms with Gasteiger partial charge in [-0.3, -0.25) is 9.59 Å². The second-order valence-electron chi connectivity index (χ2n) is 7.42. The summed E-state index contributed by atoms with van der Waals surface area (Å²) in [6.45, 7) is 4.44. The monoisotopic (exact) mass is 315 g/mol. The molecule has 4 rings (SSSR count). The Labute approximate surface area is 137 Å². The molecule has 5 heteroatoms. The maximum Gasteiger partial charge on any atom is 0.245 e. The van der Waals surface area contributed by atoms with E-state index >= 15 is 0 Å². The lowest BCUT2D eigenvalue weighted by Gasteiger charge is -2.52. The van der Waals surface area contributed by atoms with Crippen LogP contribution in [0.4, 0.5) is 0 Å². The number of amides is 2. The summed E-state index contributed by atoms with van der Waals surface area (Å²) in [7, 11) is 0. The fourth-order valence-electron chi connectivity index (χ4n) is 4.79. The van der Waals surface area contributed by atoms with E-state index in [0.717, 1.165) is 32.5 Å². The van der Waals surface area contributed by atoms with E-state index in [1.165, 1.54) is 6.42 Å². The third kappa shape index (κ3) is 2.56. The zero-order valence-electron chi connectivity index (χ0n) is 13.7. The fraction of sp³-hybridized carbons (Fsp3) is 0.667. The van der Waals surface area contributed by atoms with Crippen molar-refractivity contribution in [2.24, 2.45) is 11.8 Å². The molecule has 0 N–H and O–H groups in total. The van der Waals surface area contributed by atoms with Crippen molar-refractivity contribution < 1.29 is 9.59 Å². The van der Waals surface area contributed by atoms with Gasteiger partial charge in [0, 0.05) is 44.5 Å². The minimum absolute atomic E-state index is 0.145. The van der Waals surface area contributed by atoms with Gasteiger partial charge in [-0.15, -0.1) is 0 Å². The molecule has 0 saturated carbocycles. The minimum Gasteiger partial charge on any atom is -0.342 e. The predicted molar refractivity (Wildman–Crippen MR) is 86.7 cm³/mol. The number of carbonyl (C=O) groups excluding carboxylic acids is 2. The minimum atomic E-state index is -0.145. The Morgan fingerprint density at radius 2 is 2.00 bits per heavy atom. The van der Waals surface area contributed by atoms with E-state index in [0.29, 0.717) is 30.2 Å². The molecule has 124 valence electrons. The summed E-state index contributed by atoms with van der Waals surface area (Å²) in [5.41, 5.74) is 0. The van der Waals surface area contributed by atoms with E-state index in [9.17, 15) is 9.59 Å². The van der Waals surface area contributed by atoms with E-state index in [1.54, 1.807) is 0 Å². The molecule has 0 radical (unpaired) electrons. The molecule has 3 aliphatic heterocycles. The van der Waals surface area contributed by atoms with Crippen molar-refractivity contribution in [3.63, 3.8) is 0 Å². The summed E-state index contributed by atoms with van der Waals surface area (Å²) < 4.78 is 1.98. The van der Waals surface area contributed by atoms with Gasteiger partial charge in [0.15, 0.2) is 0 Å². The van der Waals surface area contributed by atoms with Crippen molar-refractivity contribution in [3.05, 3.63) is 24.5 Å². The summed E-state index contributed by atoms with van der Waals surface area (Å²) in [6.07, 6.45) is 7.91. The van der Waals surface area contributed by atoms with E-state index in [4.69, 9.17) is 0 Å². The van der Waals surface area contributed by atoms with Gasteiger partial charge in [-0.05, 0) is 50.2 Å². The molecule has 2 amide bonds. The maximum atomic E-state index is 12.9. The molecule has 0 aliphatic carbocycles. The van der Waals surface area contributed by atoms with Crippen LogP contribution in [0.25, 0.3) is 0 Å². The number of carbonyl (C=O) groups is 2. The summed E-state index contributed by atoms with van der Waals surface area (Å²) >= 11 is 0. The molecule has 4 heterocycles. The number of likely N-dealkylation sites (tertiary alicyclic amines) is 1. The largest absolute Gasteiger partial charge is 0.342 e. The molecular weight excluding hydrogens is 290 g/mol. The Morgan fingerprint density at radius 3 is 2.78 bits per heavy atom. The molecule has 0 aromatic carbocycles. The van der Waals surface area contributed by atoms with Crippen molar-refractivity contribution in [2.45, 2.75) is 44.7 Å². The average molecular weight is 315 g/mol. The topological polar surface area (TPSA) is 45.6 Å². The third-order valence-electron chi connectivity index (χ3n) is 5.92. The maximum absolute atomic E-state index is 12.9. The van der Waals surface area contributed by atoms with Crippen LogP contribution in [-0.4, -0.2) is 51.9 Å². The highest BCUT2D eigenvalue weighted by atomic mass is 16.2. The average Bonchev–Trinajstić information content (AvgIpc) is 3.09. The van der Waals surface area contributed by atoms with Crippen molar-refractivity contribution in [3.8, 4) is 0 Å². The van der Waals surface area contributed by atoms with E-state index in [-0.39, 0.29) is 11.9 Å². The van der Waals surface area contributed by atoms with E-state index < -0.39 is 0 Å². The van der Waals surface area contributed by atoms with Gasteiger partial charge in [-0.1, -0.05) is 0 Å². The molecular formula is C18H25N3O2. The zero-order valence-corrected chi connectivity index (χ0v) is 13.7. The fourth-order valence-corrected chi connectivity index (χ4v) is 4.79. The first kappa shape index (κ1) is 14.8. The molecule has 1 aromatic rings. The molecule has 4 atom stereocenters. The van der Waals surface area contributed by atoms with Crippen LogP contribution in [0.2, 0.25) is 0 Å². The first-order valence-electron chi connectivity index (χ1n) is 8.84. The molecule has 3 saturated heterocycles. The van der Waals surface area contributed by atoms with Crippen LogP contribution in [-0.2, 0) is 9.59 Å². The Bertz CT molecular complexity index is 597. The first-order valence-corrected chi connectivity index (χ1v) is 8.84. The molecule has 2 bridgehead atoms. The van der Waals surface area contributed by atoms with Gasteiger partial charge in [-0.25, -0.2) is 0 Å². The number of rotatable bonds is 2. The van der Waals surface area contributed by atoms with Crippen LogP contribution in [0, 0.1) is 11.8 Å². The van der Waals surface area contributed by atoms with Gasteiger partial charge >= 0.3 is 0 Å². The summed E-state index contributed by atoms with van der Waals surface area (Å²) in [4.78, 5) is 29.2. The van der Waals surface area contributed by atoms with E-state index in [1.807, 2.05) is 36.0 Å². The van der Waals surface area contributed by atoms with Crippen LogP contribution >= 0.6 is 0 Å². The zero-order chi connectivity index (χ0) is 16.0. The standard InChI is InChI=1S/C18H25N3O2/c1-13(19-7-2-3-8-19)18(23)20-10-14-9-15(12-20)16-5-4-6-17(22)21(16)11-14/h2-3,7-8,13-16H,4-6,9-12H2,1H3/t13-,14+,15-,16?/m0/s1. The number of aromatic nitrogens is 1. The normalized spacial score (nSPS) is 31.7. The number of nitrogens with zero attached hydrogens (tertiary/aromatic N) is 3. The van der Waals surface area contributed by atoms with Gasteiger partial charge in [0.05, 0.1) is 0 Å². The second-order valence-corrected chi connectivity index (χ2v) is 7.42. The van der Waals surface area contributed by atoms with Crippen molar-refractivity contribution in [1.82, 2.24) is 14.4 Å². The number of hydrogen-bond acceptors (Lipinski definition) is 2. The molecule has 0 spiro atoms. The van der Waals surface area contributed by atoms with Crippen molar-refractivity contribution >= 4 is 11.8 Å². The highest BCUT2D eigenvalue weighted by molar-refractivity contribution is 5.80. The predicted octanol–water partition coefficient (Wildman–Crippen LogP) is 1.91. The summed E-state index contributed by atoms with van der Waals surface area (Å²) in [6, 6.07) is 4.14. The lowest BCUT2D eigenvalue weighted by atomic mass is 9.76. The lowest BCUT2D eigenvalue weighted by molar-refractivity contribution is -0.149. The smallest absolute Gasteiger partial charge is 0.245 e. The van der Waals surface area contributed by atoms with Gasteiger partial charge in [0.1, 0.15) is 6.04 Å². The molecule has 3 aliphatic rings. The first-order chi connectivity index (χ1) is 11.1. The molecule has 5 nitrogen and oxygen atoms in total. The van der Waals surface area contributed by atoms with Crippen LogP contribution < -0.4 is 0 Å². The Kier molecular flexibility index (Phi) is 3.66. The van der Waals surface area contributed by atoms with Crippen LogP contribution in [0.5, 0.6) is 0 Å². The summed E-state index contributed by atoms with van der Waals surface area (Å²) in [5, 5.41) is 0.